The van der Waals surface area contributed by atoms with Crippen LogP contribution in [0.3, 0.4) is 0 Å². The van der Waals surface area contributed by atoms with Gasteiger partial charge in [0.05, 0.1) is 8.80 Å². The fourth-order valence-electron chi connectivity index (χ4n) is 0.441. The highest BCUT2D eigenvalue weighted by molar-refractivity contribution is 6.62. The van der Waals surface area contributed by atoms with E-state index < -0.39 is 21.4 Å². The molecule has 0 unspecified atom stereocenters. The van der Waals surface area contributed by atoms with E-state index in [2.05, 4.69) is 6.58 Å². The van der Waals surface area contributed by atoms with Crippen molar-refractivity contribution in [3.05, 3.63) is 12.3 Å². The topological polar surface area (TPSA) is 0 Å². The van der Waals surface area contributed by atoms with Crippen LogP contribution < -0.4 is 0 Å². The van der Waals surface area contributed by atoms with E-state index in [-0.39, 0.29) is 6.04 Å². The first-order valence-corrected chi connectivity index (χ1v) is 5.26. The van der Waals surface area contributed by atoms with Gasteiger partial charge >= 0.3 is 6.18 Å². The van der Waals surface area contributed by atoms with Gasteiger partial charge < -0.3 is 0 Å². The number of alkyl halides is 3. The molecule has 0 rings (SSSR count). The minimum Gasteiger partial charge on any atom is -0.171 e. The molecule has 0 saturated carbocycles. The van der Waals surface area contributed by atoms with Crippen LogP contribution in [0.25, 0.3) is 0 Å². The lowest BCUT2D eigenvalue weighted by atomic mass is 10.5. The first kappa shape index (κ1) is 9.75. The number of hydrogen-bond donors (Lipinski definition) is 0. The highest BCUT2D eigenvalue weighted by atomic mass is 28.3. The molecule has 10 heavy (non-hydrogen) atoms. The molecule has 0 aromatic heterocycles. The Kier molecular flexibility index (Phi) is 3.71. The van der Waals surface area contributed by atoms with Crippen LogP contribution in [-0.4, -0.2) is 15.0 Å². The third-order valence-corrected chi connectivity index (χ3v) is 2.89. The lowest BCUT2D eigenvalue weighted by molar-refractivity contribution is -0.130. The Hall–Kier alpha value is -0.253. The quantitative estimate of drug-likeness (QED) is 0.567. The first-order chi connectivity index (χ1) is 4.45. The van der Waals surface area contributed by atoms with E-state index in [0.29, 0.717) is 0 Å². The van der Waals surface area contributed by atoms with Crippen molar-refractivity contribution in [1.29, 1.82) is 0 Å². The molecule has 0 aromatic carbocycles. The van der Waals surface area contributed by atoms with E-state index in [4.69, 9.17) is 0 Å². The van der Waals surface area contributed by atoms with Gasteiger partial charge in [-0.05, 0) is 6.04 Å². The van der Waals surface area contributed by atoms with Gasteiger partial charge in [-0.25, -0.2) is 0 Å². The predicted octanol–water partition coefficient (Wildman–Crippen LogP) is 2.79. The average Bonchev–Trinajstić information content (AvgIpc) is 1.81. The summed E-state index contributed by atoms with van der Waals surface area (Å²) < 4.78 is 34.6. The van der Waals surface area contributed by atoms with Gasteiger partial charge in [-0.1, -0.05) is 6.55 Å². The van der Waals surface area contributed by atoms with Crippen molar-refractivity contribution < 1.29 is 13.2 Å². The molecular formula is C6H10F3Si. The normalized spacial score (nSPS) is 12.1. The van der Waals surface area contributed by atoms with E-state index in [1.165, 1.54) is 0 Å². The van der Waals surface area contributed by atoms with E-state index in [9.17, 15) is 13.2 Å². The van der Waals surface area contributed by atoms with E-state index in [1.54, 1.807) is 5.70 Å². The molecule has 0 fully saturated rings. The van der Waals surface area contributed by atoms with Crippen molar-refractivity contribution in [3.63, 3.8) is 0 Å². The van der Waals surface area contributed by atoms with Crippen LogP contribution in [0.4, 0.5) is 13.2 Å². The SMILES string of the molecule is C=C[Si](C)CCC(F)(F)F. The second-order valence-electron chi connectivity index (χ2n) is 2.17. The molecule has 0 aliphatic rings. The van der Waals surface area contributed by atoms with Gasteiger partial charge in [0.2, 0.25) is 0 Å². The molecule has 0 spiro atoms. The molecule has 0 aliphatic heterocycles. The summed E-state index contributed by atoms with van der Waals surface area (Å²) in [7, 11) is -0.918. The van der Waals surface area contributed by atoms with Crippen LogP contribution in [0.15, 0.2) is 12.3 Å². The van der Waals surface area contributed by atoms with E-state index >= 15 is 0 Å². The zero-order valence-electron chi connectivity index (χ0n) is 5.83. The van der Waals surface area contributed by atoms with Crippen molar-refractivity contribution in [1.82, 2.24) is 0 Å². The van der Waals surface area contributed by atoms with Crippen molar-refractivity contribution in [2.75, 3.05) is 0 Å². The summed E-state index contributed by atoms with van der Waals surface area (Å²) in [6.07, 6.45) is -4.65. The lowest BCUT2D eigenvalue weighted by Crippen LogP contribution is -2.12. The van der Waals surface area contributed by atoms with Gasteiger partial charge in [0, 0.05) is 6.42 Å². The molecule has 0 nitrogen and oxygen atoms in total. The second kappa shape index (κ2) is 3.80. The Morgan fingerprint density at radius 1 is 1.50 bits per heavy atom. The lowest BCUT2D eigenvalue weighted by Gasteiger charge is -2.06. The Bertz CT molecular complexity index is 108. The van der Waals surface area contributed by atoms with Gasteiger partial charge in [-0.2, -0.15) is 13.2 Å². The number of hydrogen-bond acceptors (Lipinski definition) is 0. The first-order valence-electron chi connectivity index (χ1n) is 2.97. The van der Waals surface area contributed by atoms with Crippen molar-refractivity contribution in [3.8, 4) is 0 Å². The summed E-state index contributed by atoms with van der Waals surface area (Å²) in [6, 6.07) is 0.248. The summed E-state index contributed by atoms with van der Waals surface area (Å²) in [5.41, 5.74) is 1.64. The number of rotatable bonds is 3. The molecule has 4 heteroatoms. The maximum Gasteiger partial charge on any atom is 0.388 e. The second-order valence-corrected chi connectivity index (χ2v) is 4.77. The summed E-state index contributed by atoms with van der Waals surface area (Å²) in [5, 5.41) is 0. The summed E-state index contributed by atoms with van der Waals surface area (Å²) in [6.45, 7) is 5.26. The summed E-state index contributed by atoms with van der Waals surface area (Å²) in [4.78, 5) is 0. The van der Waals surface area contributed by atoms with Crippen LogP contribution in [0.2, 0.25) is 12.6 Å². The molecule has 0 heterocycles. The third kappa shape index (κ3) is 5.88. The minimum atomic E-state index is -3.99. The van der Waals surface area contributed by atoms with Gasteiger partial charge in [-0.15, -0.1) is 12.3 Å². The third-order valence-electron chi connectivity index (χ3n) is 1.15. The molecule has 0 amide bonds. The van der Waals surface area contributed by atoms with Crippen LogP contribution in [0, 0.1) is 0 Å². The Balaban J connectivity index is 3.45. The van der Waals surface area contributed by atoms with Crippen LogP contribution in [0.5, 0.6) is 0 Å². The molecule has 59 valence electrons. The Morgan fingerprint density at radius 3 is 2.30 bits per heavy atom. The van der Waals surface area contributed by atoms with Crippen molar-refractivity contribution in [2.24, 2.45) is 0 Å². The molecule has 0 bridgehead atoms. The molecule has 0 saturated heterocycles. The van der Waals surface area contributed by atoms with Crippen LogP contribution >= 0.6 is 0 Å². The molecular weight excluding hydrogens is 157 g/mol. The maximum absolute atomic E-state index is 11.5. The maximum atomic E-state index is 11.5. The molecule has 1 radical (unpaired) electrons. The smallest absolute Gasteiger partial charge is 0.171 e. The van der Waals surface area contributed by atoms with Crippen molar-refractivity contribution in [2.45, 2.75) is 25.2 Å². The standard InChI is InChI=1S/C6H10F3Si/c1-3-10(2)5-4-6(7,8)9/h3H,1,4-5H2,2H3. The zero-order chi connectivity index (χ0) is 8.20. The van der Waals surface area contributed by atoms with Crippen LogP contribution in [-0.2, 0) is 0 Å². The summed E-state index contributed by atoms with van der Waals surface area (Å²) in [5.74, 6) is 0. The predicted molar refractivity (Wildman–Crippen MR) is 37.3 cm³/mol. The average molecular weight is 167 g/mol. The van der Waals surface area contributed by atoms with Crippen molar-refractivity contribution >= 4 is 8.80 Å². The van der Waals surface area contributed by atoms with Crippen LogP contribution in [0.1, 0.15) is 6.42 Å². The minimum absolute atomic E-state index is 0.248. The fourth-order valence-corrected chi connectivity index (χ4v) is 1.32. The highest BCUT2D eigenvalue weighted by Crippen LogP contribution is 2.22. The zero-order valence-corrected chi connectivity index (χ0v) is 6.83. The highest BCUT2D eigenvalue weighted by Gasteiger charge is 2.26. The van der Waals surface area contributed by atoms with Gasteiger partial charge in [0.15, 0.2) is 0 Å². The van der Waals surface area contributed by atoms with Gasteiger partial charge in [0.1, 0.15) is 0 Å². The fraction of sp³-hybridized carbons (Fsp3) is 0.667. The molecule has 0 aliphatic carbocycles. The largest absolute Gasteiger partial charge is 0.388 e. The van der Waals surface area contributed by atoms with E-state index in [1.807, 2.05) is 6.55 Å². The van der Waals surface area contributed by atoms with Gasteiger partial charge in [0.25, 0.3) is 0 Å². The Labute approximate surface area is 60.3 Å². The van der Waals surface area contributed by atoms with E-state index in [0.717, 1.165) is 0 Å². The van der Waals surface area contributed by atoms with Gasteiger partial charge in [-0.3, -0.25) is 0 Å². The molecule has 0 aromatic rings. The summed E-state index contributed by atoms with van der Waals surface area (Å²) >= 11 is 0. The number of halogens is 3. The molecule has 0 N–H and O–H groups in total. The monoisotopic (exact) mass is 167 g/mol. The molecule has 0 atom stereocenters. The Morgan fingerprint density at radius 2 is 2.00 bits per heavy atom.